The van der Waals surface area contributed by atoms with Crippen LogP contribution >= 0.6 is 0 Å². The molecule has 1 saturated heterocycles. The number of nitrogens with zero attached hydrogens (tertiary/aromatic N) is 2. The molecule has 7 nitrogen and oxygen atoms in total. The lowest BCUT2D eigenvalue weighted by Gasteiger charge is -2.32. The first-order valence-electron chi connectivity index (χ1n) is 9.88. The number of hydrogen-bond acceptors (Lipinski definition) is 6. The van der Waals surface area contributed by atoms with Crippen molar-refractivity contribution in [2.75, 3.05) is 38.8 Å². The summed E-state index contributed by atoms with van der Waals surface area (Å²) in [7, 11) is 3.25. The normalized spacial score (nSPS) is 16.4. The van der Waals surface area contributed by atoms with E-state index in [0.717, 1.165) is 48.1 Å². The lowest BCUT2D eigenvalue weighted by atomic mass is 10.1. The van der Waals surface area contributed by atoms with Crippen molar-refractivity contribution in [3.63, 3.8) is 0 Å². The molecule has 156 valence electrons. The predicted octanol–water partition coefficient (Wildman–Crippen LogP) is 2.57. The van der Waals surface area contributed by atoms with E-state index in [1.807, 2.05) is 36.5 Å². The van der Waals surface area contributed by atoms with Gasteiger partial charge >= 0.3 is 0 Å². The number of carbonyl (C=O) groups excluding carboxylic acids is 1. The number of rotatable bonds is 8. The molecule has 29 heavy (non-hydrogen) atoms. The van der Waals surface area contributed by atoms with Gasteiger partial charge in [0.2, 0.25) is 5.91 Å². The summed E-state index contributed by atoms with van der Waals surface area (Å²) < 4.78 is 16.2. The second kappa shape index (κ2) is 10.1. The molecular weight excluding hydrogens is 370 g/mol. The van der Waals surface area contributed by atoms with Gasteiger partial charge in [-0.05, 0) is 48.7 Å². The fraction of sp³-hybridized carbons (Fsp3) is 0.455. The summed E-state index contributed by atoms with van der Waals surface area (Å²) in [5.74, 6) is 2.44. The van der Waals surface area contributed by atoms with Crippen molar-refractivity contribution in [2.45, 2.75) is 32.4 Å². The molecule has 1 aromatic heterocycles. The van der Waals surface area contributed by atoms with E-state index in [1.165, 1.54) is 0 Å². The minimum Gasteiger partial charge on any atom is -0.497 e. The van der Waals surface area contributed by atoms with Crippen LogP contribution in [0.15, 0.2) is 36.5 Å². The minimum absolute atomic E-state index is 0.0130. The third-order valence-corrected chi connectivity index (χ3v) is 4.97. The number of carbonyl (C=O) groups is 1. The number of methoxy groups -OCH3 is 2. The molecule has 0 bridgehead atoms. The lowest BCUT2D eigenvalue weighted by Crippen LogP contribution is -2.41. The molecule has 1 aliphatic heterocycles. The summed E-state index contributed by atoms with van der Waals surface area (Å²) in [6, 6.07) is 9.61. The Morgan fingerprint density at radius 3 is 2.83 bits per heavy atom. The zero-order valence-electron chi connectivity index (χ0n) is 17.3. The Kier molecular flexibility index (Phi) is 7.30. The molecule has 1 amide bonds. The number of ether oxygens (including phenoxy) is 3. The van der Waals surface area contributed by atoms with E-state index in [9.17, 15) is 4.79 Å². The average Bonchev–Trinajstić information content (AvgIpc) is 2.76. The maximum absolute atomic E-state index is 12.3. The van der Waals surface area contributed by atoms with Crippen LogP contribution < -0.4 is 19.7 Å². The molecule has 3 rings (SSSR count). The molecular formula is C22H29N3O4. The molecule has 7 heteroatoms. The highest BCUT2D eigenvalue weighted by atomic mass is 16.5. The van der Waals surface area contributed by atoms with Crippen molar-refractivity contribution >= 4 is 11.7 Å². The highest BCUT2D eigenvalue weighted by molar-refractivity contribution is 5.76. The summed E-state index contributed by atoms with van der Waals surface area (Å²) in [5.41, 5.74) is 1.93. The number of hydrogen-bond donors (Lipinski definition) is 1. The second-order valence-electron chi connectivity index (χ2n) is 7.11. The van der Waals surface area contributed by atoms with E-state index >= 15 is 0 Å². The summed E-state index contributed by atoms with van der Waals surface area (Å²) in [4.78, 5) is 19.0. The Hall–Kier alpha value is -2.80. The van der Waals surface area contributed by atoms with Crippen molar-refractivity contribution in [1.82, 2.24) is 10.3 Å². The molecule has 1 atom stereocenters. The van der Waals surface area contributed by atoms with Crippen LogP contribution in [-0.4, -0.2) is 50.9 Å². The van der Waals surface area contributed by atoms with Crippen molar-refractivity contribution < 1.29 is 19.0 Å². The van der Waals surface area contributed by atoms with Gasteiger partial charge in [0.25, 0.3) is 0 Å². The molecule has 2 heterocycles. The molecule has 1 fully saturated rings. The number of anilines is 1. The quantitative estimate of drug-likeness (QED) is 0.736. The van der Waals surface area contributed by atoms with Gasteiger partial charge in [0, 0.05) is 32.3 Å². The van der Waals surface area contributed by atoms with Gasteiger partial charge in [-0.15, -0.1) is 0 Å². The Morgan fingerprint density at radius 1 is 1.28 bits per heavy atom. The largest absolute Gasteiger partial charge is 0.497 e. The van der Waals surface area contributed by atoms with Gasteiger partial charge in [0.1, 0.15) is 17.3 Å². The number of pyridine rings is 1. The van der Waals surface area contributed by atoms with Gasteiger partial charge in [-0.2, -0.15) is 0 Å². The van der Waals surface area contributed by atoms with Crippen LogP contribution in [0.3, 0.4) is 0 Å². The number of amides is 1. The summed E-state index contributed by atoms with van der Waals surface area (Å²) >= 11 is 0. The number of morpholine rings is 1. The van der Waals surface area contributed by atoms with Gasteiger partial charge in [0.05, 0.1) is 26.9 Å². The van der Waals surface area contributed by atoms with Crippen molar-refractivity contribution in [1.29, 1.82) is 0 Å². The summed E-state index contributed by atoms with van der Waals surface area (Å²) in [6.45, 7) is 4.94. The molecule has 1 N–H and O–H groups in total. The van der Waals surface area contributed by atoms with Crippen LogP contribution in [-0.2, 0) is 22.5 Å². The molecule has 1 unspecified atom stereocenters. The van der Waals surface area contributed by atoms with E-state index in [0.29, 0.717) is 19.4 Å². The van der Waals surface area contributed by atoms with Crippen LogP contribution in [0.25, 0.3) is 0 Å². The minimum atomic E-state index is -0.0130. The first kappa shape index (κ1) is 20.9. The van der Waals surface area contributed by atoms with Crippen LogP contribution in [0.5, 0.6) is 11.5 Å². The molecule has 2 aromatic rings. The number of aromatic nitrogens is 1. The smallest absolute Gasteiger partial charge is 0.220 e. The van der Waals surface area contributed by atoms with Crippen LogP contribution in [0, 0.1) is 0 Å². The fourth-order valence-electron chi connectivity index (χ4n) is 3.35. The van der Waals surface area contributed by atoms with Gasteiger partial charge < -0.3 is 24.4 Å². The Balaban J connectivity index is 1.48. The second-order valence-corrected chi connectivity index (χ2v) is 7.11. The van der Waals surface area contributed by atoms with Crippen molar-refractivity contribution in [2.24, 2.45) is 0 Å². The van der Waals surface area contributed by atoms with Gasteiger partial charge in [-0.3, -0.25) is 4.79 Å². The third kappa shape index (κ3) is 5.84. The van der Waals surface area contributed by atoms with Crippen LogP contribution in [0.4, 0.5) is 5.82 Å². The maximum Gasteiger partial charge on any atom is 0.220 e. The van der Waals surface area contributed by atoms with E-state index in [4.69, 9.17) is 14.2 Å². The summed E-state index contributed by atoms with van der Waals surface area (Å²) in [5, 5.41) is 2.96. The number of nitrogens with one attached hydrogen (secondary N) is 1. The topological polar surface area (TPSA) is 72.9 Å². The molecule has 0 aliphatic carbocycles. The Morgan fingerprint density at radius 2 is 2.14 bits per heavy atom. The van der Waals surface area contributed by atoms with Crippen molar-refractivity contribution in [3.8, 4) is 11.5 Å². The van der Waals surface area contributed by atoms with Crippen LogP contribution in [0.1, 0.15) is 24.5 Å². The van der Waals surface area contributed by atoms with E-state index in [-0.39, 0.29) is 12.0 Å². The lowest BCUT2D eigenvalue weighted by molar-refractivity contribution is -0.121. The molecule has 0 spiro atoms. The number of benzene rings is 1. The van der Waals surface area contributed by atoms with Gasteiger partial charge in [-0.25, -0.2) is 4.98 Å². The van der Waals surface area contributed by atoms with Gasteiger partial charge in [-0.1, -0.05) is 6.07 Å². The van der Waals surface area contributed by atoms with E-state index < -0.39 is 0 Å². The number of aryl methyl sites for hydroxylation is 1. The highest BCUT2D eigenvalue weighted by Gasteiger charge is 2.17. The predicted molar refractivity (Wildman–Crippen MR) is 112 cm³/mol. The SMILES string of the molecule is COc1ccc(OC)c(CCC(=O)NCc2ccc(N3CCOC(C)C3)nc2)c1. The third-order valence-electron chi connectivity index (χ3n) is 4.97. The zero-order valence-corrected chi connectivity index (χ0v) is 17.3. The maximum atomic E-state index is 12.3. The first-order valence-corrected chi connectivity index (χ1v) is 9.88. The highest BCUT2D eigenvalue weighted by Crippen LogP contribution is 2.25. The Labute approximate surface area is 172 Å². The summed E-state index contributed by atoms with van der Waals surface area (Å²) in [6.07, 6.45) is 2.99. The first-order chi connectivity index (χ1) is 14.1. The van der Waals surface area contributed by atoms with E-state index in [1.54, 1.807) is 14.2 Å². The zero-order chi connectivity index (χ0) is 20.6. The Bertz CT molecular complexity index is 810. The standard InChI is InChI=1S/C22H29N3O4/c1-16-15-25(10-11-29-16)21-8-4-17(13-23-21)14-24-22(26)9-5-18-12-19(27-2)6-7-20(18)28-3/h4,6-8,12-13,16H,5,9-11,14-15H2,1-3H3,(H,24,26). The van der Waals surface area contributed by atoms with Crippen LogP contribution in [0.2, 0.25) is 0 Å². The van der Waals surface area contributed by atoms with E-state index in [2.05, 4.69) is 22.1 Å². The monoisotopic (exact) mass is 399 g/mol. The molecule has 0 saturated carbocycles. The van der Waals surface area contributed by atoms with Gasteiger partial charge in [0.15, 0.2) is 0 Å². The molecule has 1 aliphatic rings. The average molecular weight is 399 g/mol. The fourth-order valence-corrected chi connectivity index (χ4v) is 3.35. The molecule has 0 radical (unpaired) electrons. The molecule has 1 aromatic carbocycles. The van der Waals surface area contributed by atoms with Crippen molar-refractivity contribution in [3.05, 3.63) is 47.7 Å².